The van der Waals surface area contributed by atoms with Gasteiger partial charge in [-0.1, -0.05) is 6.42 Å². The summed E-state index contributed by atoms with van der Waals surface area (Å²) in [5.74, 6) is 0.474. The molecule has 0 aromatic carbocycles. The van der Waals surface area contributed by atoms with Crippen molar-refractivity contribution in [2.24, 2.45) is 5.92 Å². The van der Waals surface area contributed by atoms with Gasteiger partial charge in [0.2, 0.25) is 0 Å². The summed E-state index contributed by atoms with van der Waals surface area (Å²) >= 11 is 0. The molecular formula is C9H19NO2. The molecule has 2 N–H and O–H groups in total. The molecule has 0 aliphatic carbocycles. The fourth-order valence-electron chi connectivity index (χ4n) is 1.67. The van der Waals surface area contributed by atoms with Crippen molar-refractivity contribution in [2.75, 3.05) is 26.8 Å². The predicted molar refractivity (Wildman–Crippen MR) is 48.1 cm³/mol. The lowest BCUT2D eigenvalue weighted by atomic mass is 9.99. The lowest BCUT2D eigenvalue weighted by Crippen LogP contribution is -2.17. The van der Waals surface area contributed by atoms with E-state index in [1.165, 1.54) is 0 Å². The maximum absolute atomic E-state index is 9.45. The third kappa shape index (κ3) is 3.09. The van der Waals surface area contributed by atoms with E-state index in [0.29, 0.717) is 5.92 Å². The number of nitrogens with one attached hydrogen (secondary N) is 1. The van der Waals surface area contributed by atoms with Gasteiger partial charge in [-0.2, -0.15) is 0 Å². The molecule has 0 unspecified atom stereocenters. The number of aliphatic hydroxyl groups is 1. The van der Waals surface area contributed by atoms with Crippen LogP contribution in [0.15, 0.2) is 0 Å². The normalized spacial score (nSPS) is 29.5. The zero-order valence-electron chi connectivity index (χ0n) is 7.75. The molecule has 3 heteroatoms. The van der Waals surface area contributed by atoms with Crippen LogP contribution >= 0.6 is 0 Å². The number of methoxy groups -OCH3 is 1. The van der Waals surface area contributed by atoms with Crippen LogP contribution in [0.3, 0.4) is 0 Å². The van der Waals surface area contributed by atoms with Crippen molar-refractivity contribution >= 4 is 0 Å². The Morgan fingerprint density at radius 2 is 2.25 bits per heavy atom. The van der Waals surface area contributed by atoms with E-state index in [2.05, 4.69) is 5.32 Å². The average Bonchev–Trinajstić information content (AvgIpc) is 2.46. The molecule has 0 spiro atoms. The van der Waals surface area contributed by atoms with E-state index in [1.54, 1.807) is 7.11 Å². The number of hydrogen-bond acceptors (Lipinski definition) is 3. The summed E-state index contributed by atoms with van der Waals surface area (Å²) in [7, 11) is 1.73. The highest BCUT2D eigenvalue weighted by molar-refractivity contribution is 4.79. The second-order valence-electron chi connectivity index (χ2n) is 3.47. The van der Waals surface area contributed by atoms with Crippen molar-refractivity contribution < 1.29 is 9.84 Å². The molecule has 3 nitrogen and oxygen atoms in total. The molecule has 12 heavy (non-hydrogen) atoms. The molecule has 0 bridgehead atoms. The summed E-state index contributed by atoms with van der Waals surface area (Å²) in [6, 6.07) is 0. The van der Waals surface area contributed by atoms with Gasteiger partial charge in [-0.15, -0.1) is 0 Å². The Morgan fingerprint density at radius 3 is 2.83 bits per heavy atom. The maximum atomic E-state index is 9.45. The molecule has 2 atom stereocenters. The van der Waals surface area contributed by atoms with E-state index >= 15 is 0 Å². The summed E-state index contributed by atoms with van der Waals surface area (Å²) in [5.41, 5.74) is 0. The first kappa shape index (κ1) is 9.96. The molecule has 72 valence electrons. The Morgan fingerprint density at radius 1 is 1.42 bits per heavy atom. The quantitative estimate of drug-likeness (QED) is 0.591. The first-order chi connectivity index (χ1) is 5.84. The zero-order chi connectivity index (χ0) is 8.81. The number of unbranched alkanes of at least 4 members (excludes halogenated alkanes) is 1. The zero-order valence-corrected chi connectivity index (χ0v) is 7.75. The molecule has 1 heterocycles. The fraction of sp³-hybridized carbons (Fsp3) is 1.00. The van der Waals surface area contributed by atoms with Crippen LogP contribution in [0, 0.1) is 5.92 Å². The standard InChI is InChI=1S/C9H19NO2/c1-12-5-3-2-4-8-6-10-7-9(8)11/h8-11H,2-7H2,1H3/t8-,9-/m1/s1. The molecule has 0 saturated carbocycles. The molecule has 0 aromatic rings. The van der Waals surface area contributed by atoms with Gasteiger partial charge in [-0.3, -0.25) is 0 Å². The van der Waals surface area contributed by atoms with Gasteiger partial charge in [0.15, 0.2) is 0 Å². The first-order valence-corrected chi connectivity index (χ1v) is 4.72. The van der Waals surface area contributed by atoms with E-state index in [-0.39, 0.29) is 6.10 Å². The van der Waals surface area contributed by atoms with Crippen molar-refractivity contribution in [1.82, 2.24) is 5.32 Å². The molecule has 1 fully saturated rings. The molecular weight excluding hydrogens is 154 g/mol. The van der Waals surface area contributed by atoms with Crippen molar-refractivity contribution in [3.63, 3.8) is 0 Å². The number of rotatable bonds is 5. The Balaban J connectivity index is 1.98. The third-order valence-corrected chi connectivity index (χ3v) is 2.48. The second-order valence-corrected chi connectivity index (χ2v) is 3.47. The molecule has 0 radical (unpaired) electrons. The summed E-state index contributed by atoms with van der Waals surface area (Å²) in [6.07, 6.45) is 3.28. The number of β-amino-alcohol motifs (C(OH)–C–C–N with tert-alkyl or cyclic N) is 1. The van der Waals surface area contributed by atoms with Gasteiger partial charge in [-0.25, -0.2) is 0 Å². The lowest BCUT2D eigenvalue weighted by molar-refractivity contribution is 0.137. The minimum absolute atomic E-state index is 0.118. The minimum Gasteiger partial charge on any atom is -0.391 e. The van der Waals surface area contributed by atoms with Crippen molar-refractivity contribution in [1.29, 1.82) is 0 Å². The minimum atomic E-state index is -0.118. The van der Waals surface area contributed by atoms with Crippen LogP contribution in [-0.2, 0) is 4.74 Å². The van der Waals surface area contributed by atoms with Crippen LogP contribution in [-0.4, -0.2) is 38.0 Å². The van der Waals surface area contributed by atoms with Crippen molar-refractivity contribution in [3.05, 3.63) is 0 Å². The summed E-state index contributed by atoms with van der Waals surface area (Å²) < 4.78 is 4.96. The van der Waals surface area contributed by atoms with E-state index in [9.17, 15) is 5.11 Å². The van der Waals surface area contributed by atoms with Crippen LogP contribution in [0.25, 0.3) is 0 Å². The first-order valence-electron chi connectivity index (χ1n) is 4.72. The van der Waals surface area contributed by atoms with E-state index in [4.69, 9.17) is 4.74 Å². The maximum Gasteiger partial charge on any atom is 0.0704 e. The van der Waals surface area contributed by atoms with Gasteiger partial charge in [0, 0.05) is 26.8 Å². The van der Waals surface area contributed by atoms with Crippen LogP contribution in [0.4, 0.5) is 0 Å². The van der Waals surface area contributed by atoms with E-state index < -0.39 is 0 Å². The highest BCUT2D eigenvalue weighted by Gasteiger charge is 2.23. The lowest BCUT2D eigenvalue weighted by Gasteiger charge is -2.12. The smallest absolute Gasteiger partial charge is 0.0704 e. The van der Waals surface area contributed by atoms with Gasteiger partial charge < -0.3 is 15.2 Å². The van der Waals surface area contributed by atoms with Gasteiger partial charge >= 0.3 is 0 Å². The largest absolute Gasteiger partial charge is 0.391 e. The van der Waals surface area contributed by atoms with Crippen LogP contribution in [0.1, 0.15) is 19.3 Å². The van der Waals surface area contributed by atoms with Crippen molar-refractivity contribution in [2.45, 2.75) is 25.4 Å². The van der Waals surface area contributed by atoms with Crippen molar-refractivity contribution in [3.8, 4) is 0 Å². The number of ether oxygens (including phenoxy) is 1. The van der Waals surface area contributed by atoms with E-state index in [0.717, 1.165) is 39.0 Å². The summed E-state index contributed by atoms with van der Waals surface area (Å²) in [6.45, 7) is 2.60. The number of aliphatic hydroxyl groups excluding tert-OH is 1. The summed E-state index contributed by atoms with van der Waals surface area (Å²) in [5, 5.41) is 12.6. The monoisotopic (exact) mass is 173 g/mol. The molecule has 0 aromatic heterocycles. The summed E-state index contributed by atoms with van der Waals surface area (Å²) in [4.78, 5) is 0. The van der Waals surface area contributed by atoms with Gasteiger partial charge in [-0.05, 0) is 18.8 Å². The fourth-order valence-corrected chi connectivity index (χ4v) is 1.67. The Bertz CT molecular complexity index is 119. The van der Waals surface area contributed by atoms with Gasteiger partial charge in [0.25, 0.3) is 0 Å². The average molecular weight is 173 g/mol. The highest BCUT2D eigenvalue weighted by atomic mass is 16.5. The molecule has 1 saturated heterocycles. The van der Waals surface area contributed by atoms with Crippen LogP contribution in [0.2, 0.25) is 0 Å². The van der Waals surface area contributed by atoms with Crippen LogP contribution < -0.4 is 5.32 Å². The van der Waals surface area contributed by atoms with Gasteiger partial charge in [0.1, 0.15) is 0 Å². The molecule has 1 rings (SSSR count). The van der Waals surface area contributed by atoms with E-state index in [1.807, 2.05) is 0 Å². The topological polar surface area (TPSA) is 41.5 Å². The molecule has 1 aliphatic heterocycles. The SMILES string of the molecule is COCCCC[C@@H]1CNC[C@H]1O. The third-order valence-electron chi connectivity index (χ3n) is 2.48. The predicted octanol–water partition coefficient (Wildman–Crippen LogP) is 0.383. The molecule has 1 aliphatic rings. The second kappa shape index (κ2) is 5.51. The number of hydrogen-bond donors (Lipinski definition) is 2. The molecule has 0 amide bonds. The van der Waals surface area contributed by atoms with Gasteiger partial charge in [0.05, 0.1) is 6.10 Å². The Labute approximate surface area is 74.1 Å². The Kier molecular flexibility index (Phi) is 4.58. The Hall–Kier alpha value is -0.120. The highest BCUT2D eigenvalue weighted by Crippen LogP contribution is 2.16. The van der Waals surface area contributed by atoms with Crippen LogP contribution in [0.5, 0.6) is 0 Å².